The molecule has 1 heterocycles. The molecule has 160 valence electrons. The third-order valence-corrected chi connectivity index (χ3v) is 8.10. The Hall–Kier alpha value is -1.39. The van der Waals surface area contributed by atoms with Crippen molar-refractivity contribution in [2.75, 3.05) is 26.2 Å². The van der Waals surface area contributed by atoms with Gasteiger partial charge in [0.25, 0.3) is 0 Å². The minimum atomic E-state index is -0.211. The second kappa shape index (κ2) is 8.03. The van der Waals surface area contributed by atoms with Crippen LogP contribution in [0, 0.1) is 22.2 Å². The maximum absolute atomic E-state index is 13.7. The normalized spacial score (nSPS) is 39.4. The first-order chi connectivity index (χ1) is 13.9. The first kappa shape index (κ1) is 20.9. The Labute approximate surface area is 176 Å². The van der Waals surface area contributed by atoms with Crippen molar-refractivity contribution in [2.45, 2.75) is 65.2 Å². The molecule has 4 heteroatoms. The van der Waals surface area contributed by atoms with Crippen LogP contribution in [0.5, 0.6) is 0 Å². The molecule has 1 aliphatic heterocycles. The van der Waals surface area contributed by atoms with Gasteiger partial charge in [-0.1, -0.05) is 44.2 Å². The number of carbonyl (C=O) groups is 1. The average molecular weight is 398 g/mol. The summed E-state index contributed by atoms with van der Waals surface area (Å²) >= 11 is 0. The number of amides is 1. The fourth-order valence-electron chi connectivity index (χ4n) is 7.56. The smallest absolute Gasteiger partial charge is 0.240 e. The van der Waals surface area contributed by atoms with Gasteiger partial charge in [0.2, 0.25) is 5.91 Å². The molecule has 4 nitrogen and oxygen atoms in total. The molecule has 0 aromatic carbocycles. The average Bonchev–Trinajstić information content (AvgIpc) is 2.68. The first-order valence-electron chi connectivity index (χ1n) is 11.7. The highest BCUT2D eigenvalue weighted by Crippen LogP contribution is 2.72. The van der Waals surface area contributed by atoms with Crippen LogP contribution in [-0.2, 0) is 4.79 Å². The van der Waals surface area contributed by atoms with Crippen molar-refractivity contribution >= 4 is 5.91 Å². The number of nitrogens with zero attached hydrogens (tertiary/aromatic N) is 1. The third kappa shape index (κ3) is 3.86. The molecule has 4 atom stereocenters. The fraction of sp³-hybridized carbons (Fsp3) is 0.720. The molecule has 5 aliphatic rings. The van der Waals surface area contributed by atoms with E-state index in [0.717, 1.165) is 45.4 Å². The van der Waals surface area contributed by atoms with Gasteiger partial charge in [-0.15, -0.1) is 0 Å². The Bertz CT molecular complexity index is 707. The lowest BCUT2D eigenvalue weighted by molar-refractivity contribution is -0.175. The highest BCUT2D eigenvalue weighted by molar-refractivity contribution is 5.83. The second-order valence-corrected chi connectivity index (χ2v) is 10.4. The van der Waals surface area contributed by atoms with Gasteiger partial charge in [0.05, 0.1) is 5.41 Å². The largest absolute Gasteiger partial charge is 0.314 e. The van der Waals surface area contributed by atoms with Crippen molar-refractivity contribution in [3.05, 3.63) is 36.5 Å². The molecule has 2 unspecified atom stereocenters. The zero-order valence-electron chi connectivity index (χ0n) is 18.4. The van der Waals surface area contributed by atoms with E-state index in [-0.39, 0.29) is 10.8 Å². The van der Waals surface area contributed by atoms with Crippen LogP contribution >= 0.6 is 0 Å². The summed E-state index contributed by atoms with van der Waals surface area (Å²) in [6.07, 6.45) is 17.8. The van der Waals surface area contributed by atoms with Crippen molar-refractivity contribution < 1.29 is 4.79 Å². The predicted molar refractivity (Wildman–Crippen MR) is 119 cm³/mol. The molecular formula is C25H39N3O. The van der Waals surface area contributed by atoms with Gasteiger partial charge in [0.1, 0.15) is 0 Å². The summed E-state index contributed by atoms with van der Waals surface area (Å²) < 4.78 is 0. The number of carbonyl (C=O) groups excluding carboxylic acids is 1. The van der Waals surface area contributed by atoms with Gasteiger partial charge in [0.15, 0.2) is 0 Å². The molecule has 0 aromatic rings. The molecule has 0 radical (unpaired) electrons. The van der Waals surface area contributed by atoms with Crippen LogP contribution < -0.4 is 10.7 Å². The van der Waals surface area contributed by atoms with E-state index < -0.39 is 0 Å². The van der Waals surface area contributed by atoms with E-state index in [0.29, 0.717) is 17.2 Å². The minimum Gasteiger partial charge on any atom is -0.314 e. The molecule has 4 bridgehead atoms. The van der Waals surface area contributed by atoms with Gasteiger partial charge in [-0.2, -0.15) is 0 Å². The van der Waals surface area contributed by atoms with Gasteiger partial charge in [0, 0.05) is 26.2 Å². The summed E-state index contributed by atoms with van der Waals surface area (Å²) in [5.41, 5.74) is 4.81. The Kier molecular flexibility index (Phi) is 5.78. The van der Waals surface area contributed by atoms with Crippen LogP contribution in [0.3, 0.4) is 0 Å². The third-order valence-electron chi connectivity index (χ3n) is 8.10. The van der Waals surface area contributed by atoms with Crippen LogP contribution in [0.4, 0.5) is 0 Å². The monoisotopic (exact) mass is 397 g/mol. The van der Waals surface area contributed by atoms with E-state index in [1.54, 1.807) is 0 Å². The van der Waals surface area contributed by atoms with Crippen molar-refractivity contribution in [1.82, 2.24) is 15.8 Å². The SMILES string of the molecule is C=C(/C=C\C=C/C)[C@]12CC3CC(C(=O)NN4CCNCC4)(C[C@](CCC)(C3)C1)C2. The lowest BCUT2D eigenvalue weighted by Gasteiger charge is -2.66. The summed E-state index contributed by atoms with van der Waals surface area (Å²) in [5, 5.41) is 5.51. The van der Waals surface area contributed by atoms with Crippen LogP contribution in [0.25, 0.3) is 0 Å². The van der Waals surface area contributed by atoms with Crippen molar-refractivity contribution in [1.29, 1.82) is 0 Å². The Morgan fingerprint density at radius 2 is 1.86 bits per heavy atom. The standard InChI is InChI=1S/C25H39N3O/c1-4-6-7-8-20(3)24-15-21-14-23(17-24,9-5-2)18-25(16-21,19-24)22(29)27-28-12-10-26-11-13-28/h4,6-8,21,26H,3,5,9-19H2,1-2H3,(H,27,29)/b6-4-,8-7-/t21?,23-,24-,25?/m1/s1. The highest BCUT2D eigenvalue weighted by atomic mass is 16.2. The Balaban J connectivity index is 1.62. The van der Waals surface area contributed by atoms with Crippen LogP contribution in [0.1, 0.15) is 65.2 Å². The number of hydrogen-bond acceptors (Lipinski definition) is 3. The first-order valence-corrected chi connectivity index (χ1v) is 11.7. The van der Waals surface area contributed by atoms with Gasteiger partial charge in [-0.05, 0) is 74.2 Å². The van der Waals surface area contributed by atoms with E-state index in [1.807, 2.05) is 6.92 Å². The van der Waals surface area contributed by atoms with Crippen LogP contribution in [0.15, 0.2) is 36.5 Å². The summed E-state index contributed by atoms with van der Waals surface area (Å²) in [7, 11) is 0. The predicted octanol–water partition coefficient (Wildman–Crippen LogP) is 4.37. The van der Waals surface area contributed by atoms with E-state index in [1.165, 1.54) is 37.7 Å². The number of hydrogen-bond donors (Lipinski definition) is 2. The number of nitrogens with one attached hydrogen (secondary N) is 2. The maximum atomic E-state index is 13.7. The molecule has 0 aromatic heterocycles. The summed E-state index contributed by atoms with van der Waals surface area (Å²) in [6.45, 7) is 12.6. The second-order valence-electron chi connectivity index (χ2n) is 10.4. The molecule has 4 aliphatic carbocycles. The molecule has 29 heavy (non-hydrogen) atoms. The topological polar surface area (TPSA) is 44.4 Å². The highest BCUT2D eigenvalue weighted by Gasteiger charge is 2.65. The summed E-state index contributed by atoms with van der Waals surface area (Å²) in [5.74, 6) is 0.956. The van der Waals surface area contributed by atoms with Gasteiger partial charge in [-0.25, -0.2) is 5.01 Å². The Morgan fingerprint density at radius 3 is 2.59 bits per heavy atom. The molecule has 1 amide bonds. The number of rotatable bonds is 7. The van der Waals surface area contributed by atoms with E-state index in [9.17, 15) is 4.79 Å². The molecule has 0 spiro atoms. The van der Waals surface area contributed by atoms with Crippen LogP contribution in [0.2, 0.25) is 0 Å². The van der Waals surface area contributed by atoms with E-state index >= 15 is 0 Å². The number of allylic oxidation sites excluding steroid dienone is 5. The molecule has 1 saturated heterocycles. The van der Waals surface area contributed by atoms with Crippen molar-refractivity contribution in [2.24, 2.45) is 22.2 Å². The number of piperazine rings is 1. The van der Waals surface area contributed by atoms with Crippen molar-refractivity contribution in [3.63, 3.8) is 0 Å². The molecule has 5 rings (SSSR count). The zero-order chi connectivity index (χ0) is 20.5. The maximum Gasteiger partial charge on any atom is 0.240 e. The van der Waals surface area contributed by atoms with Gasteiger partial charge >= 0.3 is 0 Å². The minimum absolute atomic E-state index is 0.105. The molecule has 5 fully saturated rings. The fourth-order valence-corrected chi connectivity index (χ4v) is 7.56. The Morgan fingerprint density at radius 1 is 1.14 bits per heavy atom. The molecular weight excluding hydrogens is 358 g/mol. The molecule has 4 saturated carbocycles. The molecule has 2 N–H and O–H groups in total. The summed E-state index contributed by atoms with van der Waals surface area (Å²) in [6, 6.07) is 0. The van der Waals surface area contributed by atoms with Crippen molar-refractivity contribution in [3.8, 4) is 0 Å². The number of hydrazine groups is 1. The van der Waals surface area contributed by atoms with Gasteiger partial charge < -0.3 is 5.32 Å². The lowest BCUT2D eigenvalue weighted by atomic mass is 9.37. The quantitative estimate of drug-likeness (QED) is 0.627. The van der Waals surface area contributed by atoms with E-state index in [2.05, 4.69) is 53.6 Å². The lowest BCUT2D eigenvalue weighted by Crippen LogP contribution is -2.64. The zero-order valence-corrected chi connectivity index (χ0v) is 18.4. The van der Waals surface area contributed by atoms with Gasteiger partial charge in [-0.3, -0.25) is 10.2 Å². The van der Waals surface area contributed by atoms with Crippen LogP contribution in [-0.4, -0.2) is 37.1 Å². The van der Waals surface area contributed by atoms with E-state index in [4.69, 9.17) is 0 Å². The summed E-state index contributed by atoms with van der Waals surface area (Å²) in [4.78, 5) is 13.7.